The first-order valence-corrected chi connectivity index (χ1v) is 12.6. The number of rotatable bonds is 5. The summed E-state index contributed by atoms with van der Waals surface area (Å²) in [5.41, 5.74) is -0.320. The quantitative estimate of drug-likeness (QED) is 0.527. The number of carbonyl (C=O) groups excluding carboxylic acids is 3. The molecule has 1 aliphatic carbocycles. The molecule has 2 saturated heterocycles. The minimum Gasteiger partial charge on any atom is -0.323 e. The van der Waals surface area contributed by atoms with Crippen molar-refractivity contribution in [3.63, 3.8) is 0 Å². The van der Waals surface area contributed by atoms with Crippen LogP contribution in [0.15, 0.2) is 29.2 Å². The molecule has 1 saturated carbocycles. The van der Waals surface area contributed by atoms with Crippen LogP contribution in [0.1, 0.15) is 49.9 Å². The van der Waals surface area contributed by atoms with E-state index in [0.29, 0.717) is 25.1 Å². The van der Waals surface area contributed by atoms with Crippen LogP contribution in [0.2, 0.25) is 0 Å². The van der Waals surface area contributed by atoms with Gasteiger partial charge in [0.1, 0.15) is 5.54 Å². The summed E-state index contributed by atoms with van der Waals surface area (Å²) in [6.45, 7) is 5.00. The molecule has 0 radical (unpaired) electrons. The Morgan fingerprint density at radius 3 is 2.34 bits per heavy atom. The van der Waals surface area contributed by atoms with E-state index in [1.165, 1.54) is 40.4 Å². The van der Waals surface area contributed by atoms with E-state index >= 15 is 0 Å². The second-order valence-electron chi connectivity index (χ2n) is 9.03. The van der Waals surface area contributed by atoms with Crippen LogP contribution >= 0.6 is 0 Å². The number of Topliss-reactive ketones (excluding diaryl/α,β-unsaturated/α-hetero) is 1. The Morgan fingerprint density at radius 1 is 1.09 bits per heavy atom. The predicted molar refractivity (Wildman–Crippen MR) is 117 cm³/mol. The maximum Gasteiger partial charge on any atom is 0.326 e. The number of piperazine rings is 1. The third-order valence-electron chi connectivity index (χ3n) is 7.07. The Labute approximate surface area is 188 Å². The van der Waals surface area contributed by atoms with E-state index < -0.39 is 15.6 Å². The second kappa shape index (κ2) is 8.57. The van der Waals surface area contributed by atoms with Crippen LogP contribution in [-0.2, 0) is 14.8 Å². The highest BCUT2D eigenvalue weighted by Crippen LogP contribution is 2.38. The molecular formula is C22H30N4O5S. The van der Waals surface area contributed by atoms with Gasteiger partial charge in [-0.05, 0) is 37.8 Å². The van der Waals surface area contributed by atoms with E-state index in [9.17, 15) is 22.8 Å². The van der Waals surface area contributed by atoms with Gasteiger partial charge in [0.2, 0.25) is 10.0 Å². The molecule has 10 heteroatoms. The van der Waals surface area contributed by atoms with Gasteiger partial charge in [-0.25, -0.2) is 18.1 Å². The third-order valence-corrected chi connectivity index (χ3v) is 8.99. The van der Waals surface area contributed by atoms with Crippen molar-refractivity contribution in [1.29, 1.82) is 0 Å². The molecule has 1 N–H and O–H groups in total. The molecule has 0 aromatic heterocycles. The number of benzene rings is 1. The molecule has 2 heterocycles. The maximum absolute atomic E-state index is 13.1. The van der Waals surface area contributed by atoms with Gasteiger partial charge in [-0.1, -0.05) is 31.9 Å². The highest BCUT2D eigenvalue weighted by molar-refractivity contribution is 7.89. The number of carbonyl (C=O) groups is 3. The van der Waals surface area contributed by atoms with Crippen molar-refractivity contribution in [2.24, 2.45) is 5.92 Å². The molecule has 1 spiro atoms. The normalized spacial score (nSPS) is 27.7. The number of sulfonamides is 1. The van der Waals surface area contributed by atoms with Gasteiger partial charge in [-0.15, -0.1) is 0 Å². The molecule has 174 valence electrons. The van der Waals surface area contributed by atoms with Crippen LogP contribution in [0.25, 0.3) is 0 Å². The van der Waals surface area contributed by atoms with Gasteiger partial charge in [0.25, 0.3) is 5.91 Å². The summed E-state index contributed by atoms with van der Waals surface area (Å²) in [4.78, 5) is 40.5. The van der Waals surface area contributed by atoms with Gasteiger partial charge in [-0.2, -0.15) is 4.31 Å². The van der Waals surface area contributed by atoms with E-state index in [1.807, 2.05) is 11.8 Å². The Hall–Kier alpha value is -2.30. The third kappa shape index (κ3) is 3.95. The molecular weight excluding hydrogens is 432 g/mol. The summed E-state index contributed by atoms with van der Waals surface area (Å²) in [5, 5.41) is 2.96. The number of nitrogens with zero attached hydrogens (tertiary/aromatic N) is 3. The summed E-state index contributed by atoms with van der Waals surface area (Å²) >= 11 is 0. The summed E-state index contributed by atoms with van der Waals surface area (Å²) in [5.74, 6) is -0.170. The van der Waals surface area contributed by atoms with E-state index in [0.717, 1.165) is 19.3 Å². The number of ketones is 1. The van der Waals surface area contributed by atoms with Gasteiger partial charge >= 0.3 is 6.03 Å². The Balaban J connectivity index is 1.38. The van der Waals surface area contributed by atoms with Crippen LogP contribution in [0.5, 0.6) is 0 Å². The standard InChI is InChI=1S/C22H30N4O5S/c1-16-5-3-4-10-22(16)20(28)26(21(29)23-22)15-24-11-13-25(14-12-24)32(30,31)19-8-6-18(7-9-19)17(2)27/h6-9,16H,3-5,10-15H2,1-2H3,(H,23,29)/t16-,22-/m1/s1. The molecule has 1 aromatic carbocycles. The number of nitrogens with one attached hydrogen (secondary N) is 1. The first-order chi connectivity index (χ1) is 15.1. The Morgan fingerprint density at radius 2 is 1.75 bits per heavy atom. The first-order valence-electron chi connectivity index (χ1n) is 11.1. The second-order valence-corrected chi connectivity index (χ2v) is 11.0. The van der Waals surface area contributed by atoms with Crippen molar-refractivity contribution >= 4 is 27.7 Å². The maximum atomic E-state index is 13.1. The van der Waals surface area contributed by atoms with E-state index in [-0.39, 0.29) is 48.3 Å². The fraction of sp³-hybridized carbons (Fsp3) is 0.591. The Kier molecular flexibility index (Phi) is 6.12. The molecule has 0 unspecified atom stereocenters. The fourth-order valence-corrected chi connectivity index (χ4v) is 6.37. The van der Waals surface area contributed by atoms with Crippen molar-refractivity contribution in [3.05, 3.63) is 29.8 Å². The molecule has 1 aromatic rings. The van der Waals surface area contributed by atoms with Crippen LogP contribution in [0.4, 0.5) is 4.79 Å². The summed E-state index contributed by atoms with van der Waals surface area (Å²) < 4.78 is 27.3. The number of hydrogen-bond acceptors (Lipinski definition) is 6. The average Bonchev–Trinajstić information content (AvgIpc) is 3.01. The molecule has 4 rings (SSSR count). The van der Waals surface area contributed by atoms with Gasteiger partial charge < -0.3 is 5.32 Å². The fourth-order valence-electron chi connectivity index (χ4n) is 4.95. The van der Waals surface area contributed by atoms with E-state index in [1.54, 1.807) is 0 Å². The van der Waals surface area contributed by atoms with Gasteiger partial charge in [0, 0.05) is 31.7 Å². The number of hydrogen-bond donors (Lipinski definition) is 1. The lowest BCUT2D eigenvalue weighted by Gasteiger charge is -2.38. The SMILES string of the molecule is CC(=O)c1ccc(S(=O)(=O)N2CCN(CN3C(=O)N[C@@]4(CCCC[C@H]4C)C3=O)CC2)cc1. The lowest BCUT2D eigenvalue weighted by molar-refractivity contribution is -0.135. The summed E-state index contributed by atoms with van der Waals surface area (Å²) in [7, 11) is -3.67. The lowest BCUT2D eigenvalue weighted by atomic mass is 9.73. The highest BCUT2D eigenvalue weighted by Gasteiger charge is 2.55. The first kappa shape index (κ1) is 22.9. The largest absolute Gasteiger partial charge is 0.326 e. The van der Waals surface area contributed by atoms with Crippen molar-refractivity contribution in [2.75, 3.05) is 32.8 Å². The average molecular weight is 463 g/mol. The van der Waals surface area contributed by atoms with Crippen molar-refractivity contribution in [1.82, 2.24) is 19.4 Å². The van der Waals surface area contributed by atoms with Crippen LogP contribution in [0.3, 0.4) is 0 Å². The predicted octanol–water partition coefficient (Wildman–Crippen LogP) is 1.65. The molecule has 3 fully saturated rings. The van der Waals surface area contributed by atoms with Crippen molar-refractivity contribution < 1.29 is 22.8 Å². The zero-order valence-electron chi connectivity index (χ0n) is 18.5. The number of amides is 3. The van der Waals surface area contributed by atoms with Gasteiger partial charge in [0.15, 0.2) is 5.78 Å². The summed E-state index contributed by atoms with van der Waals surface area (Å²) in [6, 6.07) is 5.59. The lowest BCUT2D eigenvalue weighted by Crippen LogP contribution is -2.55. The monoisotopic (exact) mass is 462 g/mol. The number of urea groups is 1. The van der Waals surface area contributed by atoms with Gasteiger partial charge in [-0.3, -0.25) is 14.5 Å². The molecule has 2 aliphatic heterocycles. The molecule has 3 aliphatic rings. The van der Waals surface area contributed by atoms with Crippen LogP contribution in [-0.4, -0.2) is 78.6 Å². The minimum absolute atomic E-state index is 0.106. The van der Waals surface area contributed by atoms with E-state index in [2.05, 4.69) is 5.32 Å². The zero-order valence-corrected chi connectivity index (χ0v) is 19.4. The summed E-state index contributed by atoms with van der Waals surface area (Å²) in [6.07, 6.45) is 3.58. The zero-order chi connectivity index (χ0) is 23.1. The number of imide groups is 1. The topological polar surface area (TPSA) is 107 Å². The molecule has 9 nitrogen and oxygen atoms in total. The Bertz CT molecular complexity index is 1020. The highest BCUT2D eigenvalue weighted by atomic mass is 32.2. The van der Waals surface area contributed by atoms with E-state index in [4.69, 9.17) is 0 Å². The van der Waals surface area contributed by atoms with Gasteiger partial charge in [0.05, 0.1) is 11.6 Å². The molecule has 2 atom stereocenters. The van der Waals surface area contributed by atoms with Crippen molar-refractivity contribution in [2.45, 2.75) is 50.0 Å². The molecule has 0 bridgehead atoms. The minimum atomic E-state index is -3.67. The molecule has 32 heavy (non-hydrogen) atoms. The van der Waals surface area contributed by atoms with Crippen LogP contribution < -0.4 is 5.32 Å². The van der Waals surface area contributed by atoms with Crippen molar-refractivity contribution in [3.8, 4) is 0 Å². The smallest absolute Gasteiger partial charge is 0.323 e. The molecule has 3 amide bonds. The van der Waals surface area contributed by atoms with Crippen LogP contribution in [0, 0.1) is 5.92 Å².